The lowest BCUT2D eigenvalue weighted by Crippen LogP contribution is -2.43. The standard InChI is InChI=1S/C29H29FN4O6S2/c1-17-21(4-3-5-22(17)30)25-23(29(37)40-2)24(32-26(33-25)27-31-12-15-41-27)19-10-13-34(14-11-19)42(38,39)16-18-6-8-20(9-7-18)28(35)36/h3-9,12,15,19,25H,10-11,13-14,16H2,1-2H3,(H,32,33)(H,35,36)/t25-/m0/s1. The van der Waals surface area contributed by atoms with Crippen LogP contribution in [0.1, 0.15) is 50.9 Å². The molecule has 2 aromatic carbocycles. The fourth-order valence-electron chi connectivity index (χ4n) is 5.28. The predicted octanol–water partition coefficient (Wildman–Crippen LogP) is 4.05. The molecule has 13 heteroatoms. The van der Waals surface area contributed by atoms with Gasteiger partial charge in [0.05, 0.1) is 24.0 Å². The van der Waals surface area contributed by atoms with Gasteiger partial charge in [-0.3, -0.25) is 4.99 Å². The topological polar surface area (TPSA) is 138 Å². The second-order valence-electron chi connectivity index (χ2n) is 10.0. The monoisotopic (exact) mass is 612 g/mol. The van der Waals surface area contributed by atoms with E-state index in [1.807, 2.05) is 0 Å². The second kappa shape index (κ2) is 12.1. The Labute approximate surface area is 246 Å². The normalized spacial score (nSPS) is 18.4. The Hall–Kier alpha value is -3.94. The van der Waals surface area contributed by atoms with Crippen molar-refractivity contribution in [2.24, 2.45) is 10.9 Å². The average molecular weight is 613 g/mol. The maximum atomic E-state index is 14.6. The average Bonchev–Trinajstić information content (AvgIpc) is 3.53. The first-order valence-corrected chi connectivity index (χ1v) is 15.7. The number of carbonyl (C=O) groups is 2. The summed E-state index contributed by atoms with van der Waals surface area (Å²) in [5.41, 5.74) is 2.29. The zero-order valence-electron chi connectivity index (χ0n) is 22.9. The Morgan fingerprint density at radius 1 is 1.17 bits per heavy atom. The van der Waals surface area contributed by atoms with E-state index >= 15 is 0 Å². The highest BCUT2D eigenvalue weighted by Gasteiger charge is 2.38. The summed E-state index contributed by atoms with van der Waals surface area (Å²) in [5, 5.41) is 14.8. The first kappa shape index (κ1) is 29.5. The number of carbonyl (C=O) groups excluding carboxylic acids is 1. The molecule has 0 bridgehead atoms. The highest BCUT2D eigenvalue weighted by Crippen LogP contribution is 2.39. The van der Waals surface area contributed by atoms with Gasteiger partial charge in [-0.05, 0) is 54.7 Å². The number of aliphatic imine (C=N–C) groups is 1. The largest absolute Gasteiger partial charge is 0.478 e. The van der Waals surface area contributed by atoms with Gasteiger partial charge in [0.1, 0.15) is 11.9 Å². The summed E-state index contributed by atoms with van der Waals surface area (Å²) < 4.78 is 47.7. The number of benzene rings is 2. The zero-order chi connectivity index (χ0) is 30.0. The van der Waals surface area contributed by atoms with Gasteiger partial charge >= 0.3 is 11.9 Å². The number of piperidine rings is 1. The molecule has 0 amide bonds. The van der Waals surface area contributed by atoms with Gasteiger partial charge in [-0.2, -0.15) is 0 Å². The number of thiazole rings is 1. The smallest absolute Gasteiger partial charge is 0.338 e. The quantitative estimate of drug-likeness (QED) is 0.364. The Morgan fingerprint density at radius 3 is 2.50 bits per heavy atom. The number of rotatable bonds is 8. The molecule has 10 nitrogen and oxygen atoms in total. The molecule has 0 radical (unpaired) electrons. The number of ether oxygens (including phenoxy) is 1. The number of hydrogen-bond acceptors (Lipinski definition) is 9. The molecule has 5 rings (SSSR count). The molecule has 3 heterocycles. The van der Waals surface area contributed by atoms with Crippen molar-refractivity contribution in [3.8, 4) is 0 Å². The number of nitrogens with zero attached hydrogens (tertiary/aromatic N) is 3. The molecule has 1 atom stereocenters. The van der Waals surface area contributed by atoms with Gasteiger partial charge < -0.3 is 15.2 Å². The molecule has 220 valence electrons. The number of nitrogens with one attached hydrogen (secondary N) is 1. The van der Waals surface area contributed by atoms with Crippen molar-refractivity contribution in [2.45, 2.75) is 31.6 Å². The fourth-order valence-corrected chi connectivity index (χ4v) is 7.44. The Morgan fingerprint density at radius 2 is 1.88 bits per heavy atom. The van der Waals surface area contributed by atoms with Crippen LogP contribution in [-0.4, -0.2) is 60.8 Å². The van der Waals surface area contributed by atoms with Crippen molar-refractivity contribution in [1.29, 1.82) is 0 Å². The lowest BCUT2D eigenvalue weighted by molar-refractivity contribution is -0.136. The van der Waals surface area contributed by atoms with Crippen LogP contribution in [0.3, 0.4) is 0 Å². The maximum Gasteiger partial charge on any atom is 0.338 e. The third kappa shape index (κ3) is 5.98. The van der Waals surface area contributed by atoms with E-state index in [1.165, 1.54) is 53.1 Å². The summed E-state index contributed by atoms with van der Waals surface area (Å²) in [4.78, 5) is 33.5. The van der Waals surface area contributed by atoms with Crippen LogP contribution in [0.25, 0.3) is 0 Å². The van der Waals surface area contributed by atoms with Gasteiger partial charge in [0.25, 0.3) is 0 Å². The van der Waals surface area contributed by atoms with E-state index in [0.29, 0.717) is 46.1 Å². The maximum absolute atomic E-state index is 14.6. The molecule has 0 unspecified atom stereocenters. The number of carboxylic acid groups (broad SMARTS) is 1. The van der Waals surface area contributed by atoms with Crippen LogP contribution in [0.4, 0.5) is 4.39 Å². The summed E-state index contributed by atoms with van der Waals surface area (Å²) >= 11 is 1.37. The highest BCUT2D eigenvalue weighted by molar-refractivity contribution is 7.88. The molecular weight excluding hydrogens is 583 g/mol. The van der Waals surface area contributed by atoms with Crippen molar-refractivity contribution in [3.05, 3.63) is 98.4 Å². The number of allylic oxidation sites excluding steroid dienone is 1. The predicted molar refractivity (Wildman–Crippen MR) is 155 cm³/mol. The van der Waals surface area contributed by atoms with E-state index in [0.717, 1.165) is 0 Å². The Kier molecular flexibility index (Phi) is 8.53. The van der Waals surface area contributed by atoms with E-state index in [1.54, 1.807) is 30.6 Å². The van der Waals surface area contributed by atoms with Crippen LogP contribution in [0.15, 0.2) is 70.3 Å². The van der Waals surface area contributed by atoms with Crippen molar-refractivity contribution in [1.82, 2.24) is 14.6 Å². The van der Waals surface area contributed by atoms with E-state index in [4.69, 9.17) is 14.8 Å². The lowest BCUT2D eigenvalue weighted by atomic mass is 9.85. The van der Waals surface area contributed by atoms with Crippen LogP contribution >= 0.6 is 11.3 Å². The first-order valence-electron chi connectivity index (χ1n) is 13.2. The number of aromatic carboxylic acids is 1. The minimum atomic E-state index is -3.68. The number of amidine groups is 1. The Bertz CT molecular complexity index is 1660. The van der Waals surface area contributed by atoms with Gasteiger partial charge in [0.15, 0.2) is 10.8 Å². The highest BCUT2D eigenvalue weighted by atomic mass is 32.2. The molecule has 1 saturated heterocycles. The first-order chi connectivity index (χ1) is 20.1. The molecule has 2 aliphatic heterocycles. The molecule has 2 aliphatic rings. The number of carboxylic acids is 1. The van der Waals surface area contributed by atoms with Gasteiger partial charge in [-0.15, -0.1) is 11.3 Å². The van der Waals surface area contributed by atoms with Gasteiger partial charge in [-0.25, -0.2) is 31.7 Å². The van der Waals surface area contributed by atoms with E-state index in [9.17, 15) is 22.4 Å². The fraction of sp³-hybridized carbons (Fsp3) is 0.310. The molecule has 42 heavy (non-hydrogen) atoms. The second-order valence-corrected chi connectivity index (χ2v) is 12.9. The van der Waals surface area contributed by atoms with E-state index in [-0.39, 0.29) is 35.9 Å². The molecular formula is C29H29FN4O6S2. The van der Waals surface area contributed by atoms with Crippen LogP contribution in [0.5, 0.6) is 0 Å². The van der Waals surface area contributed by atoms with Gasteiger partial charge in [-0.1, -0.05) is 24.3 Å². The summed E-state index contributed by atoms with van der Waals surface area (Å²) in [7, 11) is -2.41. The molecule has 1 fully saturated rings. The van der Waals surface area contributed by atoms with Crippen LogP contribution in [-0.2, 0) is 25.3 Å². The van der Waals surface area contributed by atoms with Crippen LogP contribution < -0.4 is 5.32 Å². The minimum absolute atomic E-state index is 0.0824. The van der Waals surface area contributed by atoms with Crippen LogP contribution in [0.2, 0.25) is 0 Å². The molecule has 0 spiro atoms. The Balaban J connectivity index is 1.44. The van der Waals surface area contributed by atoms with Crippen molar-refractivity contribution >= 4 is 39.1 Å². The number of esters is 1. The number of halogens is 1. The number of hydrogen-bond donors (Lipinski definition) is 2. The van der Waals surface area contributed by atoms with Gasteiger partial charge in [0, 0.05) is 36.3 Å². The van der Waals surface area contributed by atoms with Crippen molar-refractivity contribution in [2.75, 3.05) is 20.2 Å². The lowest BCUT2D eigenvalue weighted by Gasteiger charge is -2.36. The zero-order valence-corrected chi connectivity index (χ0v) is 24.5. The summed E-state index contributed by atoms with van der Waals surface area (Å²) in [6.07, 6.45) is 2.48. The summed E-state index contributed by atoms with van der Waals surface area (Å²) in [5.74, 6) is -2.15. The van der Waals surface area contributed by atoms with Crippen molar-refractivity contribution in [3.63, 3.8) is 0 Å². The minimum Gasteiger partial charge on any atom is -0.478 e. The molecule has 3 aromatic rings. The molecule has 0 saturated carbocycles. The SMILES string of the molecule is COC(=O)C1=C(C2CCN(S(=O)(=O)Cc3ccc(C(=O)O)cc3)CC2)NC(c2nccs2)=N[C@H]1c1cccc(F)c1C. The molecule has 1 aromatic heterocycles. The van der Waals surface area contributed by atoms with Gasteiger partial charge in [0.2, 0.25) is 10.0 Å². The molecule has 0 aliphatic carbocycles. The number of methoxy groups -OCH3 is 1. The summed E-state index contributed by atoms with van der Waals surface area (Å²) in [6, 6.07) is 9.58. The summed E-state index contributed by atoms with van der Waals surface area (Å²) in [6.45, 7) is 2.07. The number of aromatic nitrogens is 1. The molecule has 2 N–H and O–H groups in total. The van der Waals surface area contributed by atoms with Crippen molar-refractivity contribution < 1.29 is 32.2 Å². The van der Waals surface area contributed by atoms with E-state index in [2.05, 4.69) is 10.3 Å². The number of sulfonamides is 1. The van der Waals surface area contributed by atoms with E-state index < -0.39 is 33.8 Å². The third-order valence-corrected chi connectivity index (χ3v) is 10.2. The van der Waals surface area contributed by atoms with Crippen LogP contribution in [0, 0.1) is 18.7 Å². The third-order valence-electron chi connectivity index (χ3n) is 7.52.